The third-order valence-electron chi connectivity index (χ3n) is 2.61. The second-order valence-corrected chi connectivity index (χ2v) is 5.02. The van der Waals surface area contributed by atoms with Gasteiger partial charge in [-0.1, -0.05) is 11.3 Å². The fourth-order valence-electron chi connectivity index (χ4n) is 1.74. The van der Waals surface area contributed by atoms with E-state index in [4.69, 9.17) is 5.11 Å². The molecule has 20 heavy (non-hydrogen) atoms. The van der Waals surface area contributed by atoms with E-state index in [9.17, 15) is 14.4 Å². The predicted octanol–water partition coefficient (Wildman–Crippen LogP) is 1.67. The topological polar surface area (TPSA) is 97.6 Å². The normalized spacial score (nSPS) is 10.5. The minimum atomic E-state index is -1.26. The number of pyridine rings is 1. The molecule has 0 radical (unpaired) electrons. The van der Waals surface area contributed by atoms with Crippen LogP contribution in [0.3, 0.4) is 0 Å². The van der Waals surface area contributed by atoms with Gasteiger partial charge in [0.25, 0.3) is 0 Å². The lowest BCUT2D eigenvalue weighted by Gasteiger charge is -2.05. The largest absolute Gasteiger partial charge is 0.477 e. The van der Waals surface area contributed by atoms with Gasteiger partial charge in [-0.05, 0) is 13.0 Å². The molecular formula is C12H12N2O5S. The van der Waals surface area contributed by atoms with Crippen molar-refractivity contribution in [2.45, 2.75) is 20.4 Å². The molecule has 0 unspecified atom stereocenters. The Morgan fingerprint density at radius 1 is 1.50 bits per heavy atom. The zero-order chi connectivity index (χ0) is 14.9. The summed E-state index contributed by atoms with van der Waals surface area (Å²) in [5.74, 6) is -1.78. The number of thiophene rings is 1. The Labute approximate surface area is 117 Å². The zero-order valence-corrected chi connectivity index (χ0v) is 11.6. The summed E-state index contributed by atoms with van der Waals surface area (Å²) in [6, 6.07) is 1.48. The molecule has 8 heteroatoms. The first-order chi connectivity index (χ1) is 9.43. The molecule has 0 saturated heterocycles. The number of fused-ring (bicyclic) bond motifs is 1. The number of anilines is 1. The number of hydrogen-bond donors (Lipinski definition) is 2. The summed E-state index contributed by atoms with van der Waals surface area (Å²) in [4.78, 5) is 39.1. The molecule has 0 aromatic carbocycles. The summed E-state index contributed by atoms with van der Waals surface area (Å²) in [5, 5.41) is 9.77. The van der Waals surface area contributed by atoms with E-state index in [1.165, 1.54) is 30.5 Å². The fourth-order valence-corrected chi connectivity index (χ4v) is 2.76. The number of aromatic nitrogens is 1. The summed E-state index contributed by atoms with van der Waals surface area (Å²) < 4.78 is 1.67. The van der Waals surface area contributed by atoms with Crippen LogP contribution in [0, 0.1) is 0 Å². The van der Waals surface area contributed by atoms with Gasteiger partial charge in [0.2, 0.25) is 5.43 Å². The number of carboxylic acids is 1. The maximum atomic E-state index is 12.1. The highest BCUT2D eigenvalue weighted by Gasteiger charge is 2.16. The van der Waals surface area contributed by atoms with Gasteiger partial charge < -0.3 is 14.5 Å². The van der Waals surface area contributed by atoms with Gasteiger partial charge in [-0.2, -0.15) is 0 Å². The fraction of sp³-hybridized carbons (Fsp3) is 0.250. The van der Waals surface area contributed by atoms with Crippen molar-refractivity contribution in [3.63, 3.8) is 0 Å². The molecule has 7 nitrogen and oxygen atoms in total. The van der Waals surface area contributed by atoms with Crippen LogP contribution in [0.1, 0.15) is 24.2 Å². The zero-order valence-electron chi connectivity index (χ0n) is 10.8. The van der Waals surface area contributed by atoms with Crippen LogP contribution in [0.15, 0.2) is 17.1 Å². The summed E-state index contributed by atoms with van der Waals surface area (Å²) >= 11 is 1.21. The molecule has 2 aromatic heterocycles. The highest BCUT2D eigenvalue weighted by atomic mass is 32.1. The first-order valence-electron chi connectivity index (χ1n) is 5.77. The van der Waals surface area contributed by atoms with Crippen LogP contribution in [-0.2, 0) is 16.2 Å². The molecule has 0 atom stereocenters. The Balaban J connectivity index is 2.60. The van der Waals surface area contributed by atoms with Crippen molar-refractivity contribution >= 4 is 38.5 Å². The molecule has 0 fully saturated rings. The van der Waals surface area contributed by atoms with Gasteiger partial charge in [-0.15, -0.1) is 0 Å². The number of hydrogen-bond acceptors (Lipinski definition) is 6. The SMILES string of the molecule is CCn1cc(C(=O)O)c(=O)c2cc(NOC(C)=O)sc21. The summed E-state index contributed by atoms with van der Waals surface area (Å²) in [6.07, 6.45) is 1.32. The van der Waals surface area contributed by atoms with Crippen LogP contribution < -0.4 is 10.9 Å². The Bertz CT molecular complexity index is 746. The standard InChI is InChI=1S/C12H12N2O5S/c1-3-14-5-8(12(17)18)10(16)7-4-9(20-11(7)14)13-19-6(2)15/h4-5,13H,3H2,1-2H3,(H,17,18). The molecule has 0 spiro atoms. The quantitative estimate of drug-likeness (QED) is 0.833. The van der Waals surface area contributed by atoms with Crippen LogP contribution in [-0.4, -0.2) is 21.6 Å². The van der Waals surface area contributed by atoms with Crippen molar-refractivity contribution in [2.75, 3.05) is 5.48 Å². The van der Waals surface area contributed by atoms with Crippen molar-refractivity contribution in [2.24, 2.45) is 0 Å². The minimum Gasteiger partial charge on any atom is -0.477 e. The molecule has 0 saturated carbocycles. The van der Waals surface area contributed by atoms with Gasteiger partial charge in [0.05, 0.1) is 5.39 Å². The number of carboxylic acid groups (broad SMARTS) is 1. The lowest BCUT2D eigenvalue weighted by atomic mass is 10.2. The molecule has 2 aromatic rings. The van der Waals surface area contributed by atoms with E-state index in [0.717, 1.165) is 0 Å². The second kappa shape index (κ2) is 5.33. The number of nitrogens with one attached hydrogen (secondary N) is 1. The number of carbonyl (C=O) groups excluding carboxylic acids is 1. The first-order valence-corrected chi connectivity index (χ1v) is 6.59. The Morgan fingerprint density at radius 3 is 2.75 bits per heavy atom. The molecule has 106 valence electrons. The van der Waals surface area contributed by atoms with Gasteiger partial charge in [-0.25, -0.2) is 10.3 Å². The molecular weight excluding hydrogens is 284 g/mol. The van der Waals surface area contributed by atoms with Crippen molar-refractivity contribution in [3.8, 4) is 0 Å². The molecule has 0 bridgehead atoms. The van der Waals surface area contributed by atoms with Crippen LogP contribution in [0.25, 0.3) is 10.2 Å². The third-order valence-corrected chi connectivity index (χ3v) is 3.68. The highest BCUT2D eigenvalue weighted by molar-refractivity contribution is 7.22. The van der Waals surface area contributed by atoms with Crippen molar-refractivity contribution in [1.82, 2.24) is 4.57 Å². The molecule has 0 aliphatic carbocycles. The summed E-state index contributed by atoms with van der Waals surface area (Å²) in [5.41, 5.74) is 1.60. The number of nitrogens with zero attached hydrogens (tertiary/aromatic N) is 1. The van der Waals surface area contributed by atoms with Crippen LogP contribution in [0.5, 0.6) is 0 Å². The van der Waals surface area contributed by atoms with Crippen LogP contribution in [0.2, 0.25) is 0 Å². The van der Waals surface area contributed by atoms with Crippen molar-refractivity contribution < 1.29 is 19.5 Å². The van der Waals surface area contributed by atoms with Crippen molar-refractivity contribution in [1.29, 1.82) is 0 Å². The van der Waals surface area contributed by atoms with E-state index < -0.39 is 17.4 Å². The van der Waals surface area contributed by atoms with E-state index in [1.807, 2.05) is 6.92 Å². The van der Waals surface area contributed by atoms with Gasteiger partial charge >= 0.3 is 11.9 Å². The summed E-state index contributed by atoms with van der Waals surface area (Å²) in [6.45, 7) is 3.60. The van der Waals surface area contributed by atoms with E-state index in [2.05, 4.69) is 10.3 Å². The Morgan fingerprint density at radius 2 is 2.20 bits per heavy atom. The number of aromatic carboxylic acids is 1. The predicted molar refractivity (Wildman–Crippen MR) is 74.1 cm³/mol. The maximum Gasteiger partial charge on any atom is 0.341 e. The Kier molecular flexibility index (Phi) is 3.75. The monoisotopic (exact) mass is 296 g/mol. The molecule has 0 amide bonds. The lowest BCUT2D eigenvalue weighted by molar-refractivity contribution is -0.137. The number of aryl methyl sites for hydroxylation is 1. The molecule has 2 N–H and O–H groups in total. The van der Waals surface area contributed by atoms with Gasteiger partial charge in [0.1, 0.15) is 15.4 Å². The summed E-state index contributed by atoms with van der Waals surface area (Å²) in [7, 11) is 0. The lowest BCUT2D eigenvalue weighted by Crippen LogP contribution is -2.17. The third kappa shape index (κ3) is 2.50. The van der Waals surface area contributed by atoms with Crippen LogP contribution in [0.4, 0.5) is 5.00 Å². The van der Waals surface area contributed by atoms with E-state index in [0.29, 0.717) is 16.4 Å². The number of carbonyl (C=O) groups is 2. The molecule has 2 rings (SSSR count). The second-order valence-electron chi connectivity index (χ2n) is 3.99. The van der Waals surface area contributed by atoms with Gasteiger partial charge in [0.15, 0.2) is 0 Å². The molecule has 2 heterocycles. The maximum absolute atomic E-state index is 12.1. The smallest absolute Gasteiger partial charge is 0.341 e. The minimum absolute atomic E-state index is 0.281. The average Bonchev–Trinajstić information content (AvgIpc) is 2.81. The molecule has 0 aliphatic heterocycles. The van der Waals surface area contributed by atoms with E-state index in [-0.39, 0.29) is 10.9 Å². The first kappa shape index (κ1) is 14.1. The van der Waals surface area contributed by atoms with Gasteiger partial charge in [0, 0.05) is 19.7 Å². The highest BCUT2D eigenvalue weighted by Crippen LogP contribution is 2.28. The van der Waals surface area contributed by atoms with Crippen molar-refractivity contribution in [3.05, 3.63) is 28.0 Å². The Hall–Kier alpha value is -2.35. The average molecular weight is 296 g/mol. The molecule has 0 aliphatic rings. The van der Waals surface area contributed by atoms with E-state index >= 15 is 0 Å². The number of rotatable bonds is 4. The van der Waals surface area contributed by atoms with Crippen LogP contribution >= 0.6 is 11.3 Å². The van der Waals surface area contributed by atoms with E-state index in [1.54, 1.807) is 4.57 Å². The van der Waals surface area contributed by atoms with Gasteiger partial charge in [-0.3, -0.25) is 9.59 Å².